The molecule has 0 fully saturated rings. The highest BCUT2D eigenvalue weighted by atomic mass is 16.3. The van der Waals surface area contributed by atoms with Crippen LogP contribution in [0, 0.1) is 12.3 Å². The summed E-state index contributed by atoms with van der Waals surface area (Å²) in [7, 11) is 0. The summed E-state index contributed by atoms with van der Waals surface area (Å²) in [5, 5.41) is 13.1. The molecule has 1 unspecified atom stereocenters. The van der Waals surface area contributed by atoms with E-state index in [9.17, 15) is 5.11 Å². The van der Waals surface area contributed by atoms with E-state index in [-0.39, 0.29) is 11.5 Å². The highest BCUT2D eigenvalue weighted by Gasteiger charge is 2.16. The minimum absolute atomic E-state index is 0.146. The summed E-state index contributed by atoms with van der Waals surface area (Å²) in [6, 6.07) is 5.84. The molecule has 1 rings (SSSR count). The Morgan fingerprint density at radius 2 is 1.94 bits per heavy atom. The van der Waals surface area contributed by atoms with Gasteiger partial charge >= 0.3 is 0 Å². The van der Waals surface area contributed by atoms with Crippen LogP contribution < -0.4 is 11.1 Å². The minimum atomic E-state index is -0.336. The molecule has 0 bridgehead atoms. The third kappa shape index (κ3) is 5.59. The predicted molar refractivity (Wildman–Crippen MR) is 74.2 cm³/mol. The van der Waals surface area contributed by atoms with Gasteiger partial charge in [-0.05, 0) is 42.5 Å². The van der Waals surface area contributed by atoms with Gasteiger partial charge in [0.2, 0.25) is 0 Å². The van der Waals surface area contributed by atoms with Gasteiger partial charge in [-0.25, -0.2) is 0 Å². The van der Waals surface area contributed by atoms with E-state index < -0.39 is 0 Å². The van der Waals surface area contributed by atoms with Crippen molar-refractivity contribution in [3.63, 3.8) is 0 Å². The number of aliphatic hydroxyl groups is 1. The van der Waals surface area contributed by atoms with Crippen LogP contribution in [0.1, 0.15) is 32.8 Å². The summed E-state index contributed by atoms with van der Waals surface area (Å²) in [5.74, 6) is 0. The highest BCUT2D eigenvalue weighted by molar-refractivity contribution is 5.56. The van der Waals surface area contributed by atoms with Gasteiger partial charge in [-0.15, -0.1) is 0 Å². The van der Waals surface area contributed by atoms with Crippen LogP contribution in [0.2, 0.25) is 0 Å². The zero-order valence-corrected chi connectivity index (χ0v) is 11.2. The second kappa shape index (κ2) is 5.41. The van der Waals surface area contributed by atoms with E-state index in [2.05, 4.69) is 26.1 Å². The standard InChI is InChI=1S/C14H24N2O/c1-10-5-11(15)7-12(6-10)16-9-13(17)8-14(2,3)4/h5-7,13,16-17H,8-9,15H2,1-4H3. The van der Waals surface area contributed by atoms with E-state index in [1.165, 1.54) is 0 Å². The molecule has 4 N–H and O–H groups in total. The smallest absolute Gasteiger partial charge is 0.0717 e. The van der Waals surface area contributed by atoms with Crippen molar-refractivity contribution in [2.45, 2.75) is 40.2 Å². The Balaban J connectivity index is 2.50. The van der Waals surface area contributed by atoms with Gasteiger partial charge in [0.05, 0.1) is 6.10 Å². The molecular formula is C14H24N2O. The molecule has 0 saturated carbocycles. The molecule has 0 aliphatic heterocycles. The van der Waals surface area contributed by atoms with Crippen molar-refractivity contribution in [2.75, 3.05) is 17.6 Å². The SMILES string of the molecule is Cc1cc(N)cc(NCC(O)CC(C)(C)C)c1. The summed E-state index contributed by atoms with van der Waals surface area (Å²) in [6.07, 6.45) is 0.443. The Morgan fingerprint density at radius 3 is 2.47 bits per heavy atom. The van der Waals surface area contributed by atoms with Gasteiger partial charge in [-0.1, -0.05) is 20.8 Å². The Labute approximate surface area is 104 Å². The topological polar surface area (TPSA) is 58.3 Å². The van der Waals surface area contributed by atoms with E-state index in [4.69, 9.17) is 5.73 Å². The number of aryl methyl sites for hydroxylation is 1. The largest absolute Gasteiger partial charge is 0.399 e. The summed E-state index contributed by atoms with van der Waals surface area (Å²) in [4.78, 5) is 0. The second-order valence-electron chi connectivity index (χ2n) is 5.93. The van der Waals surface area contributed by atoms with Crippen LogP contribution in [0.4, 0.5) is 11.4 Å². The van der Waals surface area contributed by atoms with Crippen LogP contribution in [-0.4, -0.2) is 17.8 Å². The molecule has 0 saturated heterocycles. The molecule has 3 nitrogen and oxygen atoms in total. The van der Waals surface area contributed by atoms with Crippen molar-refractivity contribution >= 4 is 11.4 Å². The molecule has 17 heavy (non-hydrogen) atoms. The average Bonchev–Trinajstić information content (AvgIpc) is 2.10. The molecule has 0 aromatic heterocycles. The fraction of sp³-hybridized carbons (Fsp3) is 0.571. The van der Waals surface area contributed by atoms with Crippen LogP contribution in [-0.2, 0) is 0 Å². The summed E-state index contributed by atoms with van der Waals surface area (Å²) in [6.45, 7) is 8.94. The molecular weight excluding hydrogens is 212 g/mol. The van der Waals surface area contributed by atoms with Crippen LogP contribution in [0.3, 0.4) is 0 Å². The van der Waals surface area contributed by atoms with Crippen molar-refractivity contribution in [3.8, 4) is 0 Å². The van der Waals surface area contributed by atoms with Gasteiger partial charge in [0, 0.05) is 17.9 Å². The molecule has 1 aromatic rings. The Bertz CT molecular complexity index is 349. The number of nitrogens with two attached hydrogens (primary N) is 1. The number of nitrogen functional groups attached to an aromatic ring is 1. The maximum absolute atomic E-state index is 9.89. The first-order valence-electron chi connectivity index (χ1n) is 6.05. The maximum atomic E-state index is 9.89. The Hall–Kier alpha value is -1.22. The zero-order chi connectivity index (χ0) is 13.1. The maximum Gasteiger partial charge on any atom is 0.0717 e. The summed E-state index contributed by atoms with van der Waals surface area (Å²) in [5.41, 5.74) is 8.75. The lowest BCUT2D eigenvalue weighted by Gasteiger charge is -2.23. The third-order valence-corrected chi connectivity index (χ3v) is 2.49. The van der Waals surface area contributed by atoms with E-state index in [1.807, 2.05) is 25.1 Å². The summed E-state index contributed by atoms with van der Waals surface area (Å²) >= 11 is 0. The van der Waals surface area contributed by atoms with Crippen molar-refractivity contribution < 1.29 is 5.11 Å². The molecule has 0 heterocycles. The molecule has 1 aromatic carbocycles. The monoisotopic (exact) mass is 236 g/mol. The Morgan fingerprint density at radius 1 is 1.29 bits per heavy atom. The third-order valence-electron chi connectivity index (χ3n) is 2.49. The normalized spacial score (nSPS) is 13.5. The van der Waals surface area contributed by atoms with Crippen LogP contribution in [0.25, 0.3) is 0 Å². The lowest BCUT2D eigenvalue weighted by Crippen LogP contribution is -2.25. The number of rotatable bonds is 4. The van der Waals surface area contributed by atoms with Gasteiger partial charge in [0.15, 0.2) is 0 Å². The number of nitrogens with one attached hydrogen (secondary N) is 1. The number of anilines is 2. The van der Waals surface area contributed by atoms with Gasteiger partial charge in [-0.3, -0.25) is 0 Å². The molecule has 0 radical (unpaired) electrons. The van der Waals surface area contributed by atoms with Crippen molar-refractivity contribution in [1.82, 2.24) is 0 Å². The summed E-state index contributed by atoms with van der Waals surface area (Å²) < 4.78 is 0. The first kappa shape index (κ1) is 13.8. The van der Waals surface area contributed by atoms with Crippen molar-refractivity contribution in [3.05, 3.63) is 23.8 Å². The number of hydrogen-bond donors (Lipinski definition) is 3. The van der Waals surface area contributed by atoms with Gasteiger partial charge in [0.1, 0.15) is 0 Å². The van der Waals surface area contributed by atoms with E-state index in [1.54, 1.807) is 0 Å². The first-order valence-corrected chi connectivity index (χ1v) is 6.05. The van der Waals surface area contributed by atoms with Crippen LogP contribution in [0.15, 0.2) is 18.2 Å². The van der Waals surface area contributed by atoms with E-state index >= 15 is 0 Å². The molecule has 0 amide bonds. The van der Waals surface area contributed by atoms with E-state index in [0.717, 1.165) is 23.4 Å². The quantitative estimate of drug-likeness (QED) is 0.705. The van der Waals surface area contributed by atoms with Crippen LogP contribution >= 0.6 is 0 Å². The lowest BCUT2D eigenvalue weighted by atomic mass is 9.89. The zero-order valence-electron chi connectivity index (χ0n) is 11.2. The van der Waals surface area contributed by atoms with Crippen molar-refractivity contribution in [1.29, 1.82) is 0 Å². The van der Waals surface area contributed by atoms with E-state index in [0.29, 0.717) is 6.54 Å². The molecule has 96 valence electrons. The fourth-order valence-electron chi connectivity index (χ4n) is 1.93. The number of aliphatic hydroxyl groups excluding tert-OH is 1. The fourth-order valence-corrected chi connectivity index (χ4v) is 1.93. The van der Waals surface area contributed by atoms with Crippen molar-refractivity contribution in [2.24, 2.45) is 5.41 Å². The minimum Gasteiger partial charge on any atom is -0.399 e. The second-order valence-corrected chi connectivity index (χ2v) is 5.93. The number of hydrogen-bond acceptors (Lipinski definition) is 3. The molecule has 0 aliphatic carbocycles. The van der Waals surface area contributed by atoms with Gasteiger partial charge in [0.25, 0.3) is 0 Å². The lowest BCUT2D eigenvalue weighted by molar-refractivity contribution is 0.132. The molecule has 0 spiro atoms. The predicted octanol–water partition coefficient (Wildman–Crippen LogP) is 2.79. The highest BCUT2D eigenvalue weighted by Crippen LogP contribution is 2.21. The molecule has 0 aliphatic rings. The molecule has 3 heteroatoms. The first-order chi connectivity index (χ1) is 7.76. The van der Waals surface area contributed by atoms with Gasteiger partial charge in [-0.2, -0.15) is 0 Å². The Kier molecular flexibility index (Phi) is 4.40. The van der Waals surface area contributed by atoms with Crippen LogP contribution in [0.5, 0.6) is 0 Å². The number of benzene rings is 1. The molecule has 1 atom stereocenters. The van der Waals surface area contributed by atoms with Gasteiger partial charge < -0.3 is 16.2 Å². The average molecular weight is 236 g/mol.